The Kier molecular flexibility index (Phi) is 8.33. The molecular formula is C22H27BrClN7O4S. The number of ether oxygens (including phenoxy) is 2. The van der Waals surface area contributed by atoms with Crippen molar-refractivity contribution in [3.63, 3.8) is 0 Å². The molecule has 0 saturated carbocycles. The van der Waals surface area contributed by atoms with Gasteiger partial charge in [0.1, 0.15) is 22.6 Å². The first kappa shape index (κ1) is 26.6. The van der Waals surface area contributed by atoms with Crippen molar-refractivity contribution in [3.8, 4) is 11.5 Å². The second kappa shape index (κ2) is 11.3. The smallest absolute Gasteiger partial charge is 0.350 e. The van der Waals surface area contributed by atoms with E-state index in [1.165, 1.54) is 17.7 Å². The normalized spacial score (nSPS) is 17.9. The zero-order valence-corrected chi connectivity index (χ0v) is 23.5. The molecule has 2 atom stereocenters. The lowest BCUT2D eigenvalue weighted by molar-refractivity contribution is 0.0272. The maximum atomic E-state index is 13.0. The first-order chi connectivity index (χ1) is 17.2. The molecule has 11 nitrogen and oxygen atoms in total. The van der Waals surface area contributed by atoms with Crippen molar-refractivity contribution >= 4 is 55.9 Å². The van der Waals surface area contributed by atoms with Gasteiger partial charge < -0.3 is 24.7 Å². The fourth-order valence-corrected chi connectivity index (χ4v) is 5.61. The predicted octanol–water partition coefficient (Wildman–Crippen LogP) is 3.58. The molecule has 0 aromatic carbocycles. The quantitative estimate of drug-likeness (QED) is 0.376. The summed E-state index contributed by atoms with van der Waals surface area (Å²) in [6.07, 6.45) is 1.74. The summed E-state index contributed by atoms with van der Waals surface area (Å²) >= 11 is 10.9. The number of aromatic amines is 1. The number of rotatable bonds is 8. The number of carbonyl (C=O) groups excluding carboxylic acids is 2. The molecule has 1 aliphatic heterocycles. The number of nitrogens with zero attached hydrogens (tertiary/aromatic N) is 5. The lowest BCUT2D eigenvalue weighted by Crippen LogP contribution is -2.55. The van der Waals surface area contributed by atoms with Crippen LogP contribution in [0.5, 0.6) is 0 Å². The standard InChI is InChI=1S/C22H27BrClN7O4S/c1-5-34-13-9-31(8-7-12(13)28-20(32)16-15(24)14(23)11(3)27-16)22-29-17(19-25-10-26-30(19)4)18(36-22)21(33)35-6-2/h10,12-13,27H,5-9H2,1-4H3,(H,28,32)/t12-,13+/m1/s1. The summed E-state index contributed by atoms with van der Waals surface area (Å²) in [5, 5.41) is 8.17. The van der Waals surface area contributed by atoms with E-state index in [9.17, 15) is 9.59 Å². The summed E-state index contributed by atoms with van der Waals surface area (Å²) in [6.45, 7) is 7.32. The molecule has 14 heteroatoms. The Bertz CT molecular complexity index is 1260. The minimum atomic E-state index is -0.452. The van der Waals surface area contributed by atoms with Gasteiger partial charge >= 0.3 is 5.97 Å². The number of hydrogen-bond acceptors (Lipinski definition) is 9. The first-order valence-electron chi connectivity index (χ1n) is 11.5. The molecule has 0 radical (unpaired) electrons. The number of piperidine rings is 1. The van der Waals surface area contributed by atoms with E-state index in [1.807, 2.05) is 13.8 Å². The van der Waals surface area contributed by atoms with Crippen LogP contribution < -0.4 is 10.2 Å². The molecule has 4 heterocycles. The van der Waals surface area contributed by atoms with Crippen LogP contribution in [-0.4, -0.2) is 75.1 Å². The van der Waals surface area contributed by atoms with Crippen LogP contribution in [0.1, 0.15) is 46.1 Å². The average Bonchev–Trinajstić information content (AvgIpc) is 3.54. The van der Waals surface area contributed by atoms with E-state index in [0.717, 1.165) is 5.69 Å². The minimum Gasteiger partial charge on any atom is -0.462 e. The van der Waals surface area contributed by atoms with E-state index in [2.05, 4.69) is 41.2 Å². The molecule has 194 valence electrons. The molecule has 0 spiro atoms. The third-order valence-electron chi connectivity index (χ3n) is 5.81. The number of aromatic nitrogens is 5. The molecule has 3 aromatic rings. The molecular weight excluding hydrogens is 574 g/mol. The van der Waals surface area contributed by atoms with Crippen LogP contribution in [0.4, 0.5) is 5.13 Å². The Morgan fingerprint density at radius 1 is 1.36 bits per heavy atom. The minimum absolute atomic E-state index is 0.227. The van der Waals surface area contributed by atoms with Gasteiger partial charge in [-0.3, -0.25) is 4.79 Å². The van der Waals surface area contributed by atoms with Crippen LogP contribution in [0, 0.1) is 6.92 Å². The monoisotopic (exact) mass is 599 g/mol. The summed E-state index contributed by atoms with van der Waals surface area (Å²) in [4.78, 5) is 40.1. The van der Waals surface area contributed by atoms with Crippen LogP contribution in [0.2, 0.25) is 5.02 Å². The predicted molar refractivity (Wildman–Crippen MR) is 140 cm³/mol. The fourth-order valence-electron chi connectivity index (χ4n) is 4.05. The molecule has 1 amide bonds. The van der Waals surface area contributed by atoms with Crippen molar-refractivity contribution in [2.45, 2.75) is 39.3 Å². The topological polar surface area (TPSA) is 127 Å². The number of halogens is 2. The van der Waals surface area contributed by atoms with Crippen molar-refractivity contribution < 1.29 is 19.1 Å². The number of amides is 1. The number of esters is 1. The zero-order valence-electron chi connectivity index (χ0n) is 20.3. The SMILES string of the molecule is CCOC(=O)c1sc(N2CC[C@@H](NC(=O)c3[nH]c(C)c(Br)c3Cl)[C@@H](OCC)C2)nc1-c1ncnn1C. The van der Waals surface area contributed by atoms with Crippen LogP contribution in [0.15, 0.2) is 10.8 Å². The van der Waals surface area contributed by atoms with Gasteiger partial charge in [0.2, 0.25) is 0 Å². The third-order valence-corrected chi connectivity index (χ3v) is 8.50. The fraction of sp³-hybridized carbons (Fsp3) is 0.500. The van der Waals surface area contributed by atoms with E-state index in [0.29, 0.717) is 62.8 Å². The Labute approximate surface area is 225 Å². The maximum absolute atomic E-state index is 13.0. The molecule has 1 saturated heterocycles. The van der Waals surface area contributed by atoms with Crippen molar-refractivity contribution in [2.75, 3.05) is 31.2 Å². The largest absolute Gasteiger partial charge is 0.462 e. The highest BCUT2D eigenvalue weighted by Gasteiger charge is 2.35. The Hall–Kier alpha value is -2.48. The number of nitrogens with one attached hydrogen (secondary N) is 2. The highest BCUT2D eigenvalue weighted by molar-refractivity contribution is 9.10. The Balaban J connectivity index is 1.56. The van der Waals surface area contributed by atoms with Crippen molar-refractivity contribution in [1.29, 1.82) is 0 Å². The van der Waals surface area contributed by atoms with Crippen LogP contribution in [0.25, 0.3) is 11.5 Å². The highest BCUT2D eigenvalue weighted by atomic mass is 79.9. The van der Waals surface area contributed by atoms with Crippen LogP contribution in [0.3, 0.4) is 0 Å². The number of H-pyrrole nitrogens is 1. The number of aryl methyl sites for hydroxylation is 2. The molecule has 0 bridgehead atoms. The van der Waals surface area contributed by atoms with Gasteiger partial charge in [-0.1, -0.05) is 22.9 Å². The van der Waals surface area contributed by atoms with Crippen LogP contribution in [-0.2, 0) is 16.5 Å². The van der Waals surface area contributed by atoms with Gasteiger partial charge in [0.05, 0.1) is 28.2 Å². The molecule has 1 fully saturated rings. The summed E-state index contributed by atoms with van der Waals surface area (Å²) in [5.74, 6) is -0.263. The summed E-state index contributed by atoms with van der Waals surface area (Å²) in [7, 11) is 1.74. The lowest BCUT2D eigenvalue weighted by Gasteiger charge is -2.38. The second-order valence-corrected chi connectivity index (χ2v) is 10.3. The van der Waals surface area contributed by atoms with Gasteiger partial charge in [0.15, 0.2) is 11.0 Å². The molecule has 4 rings (SSSR count). The van der Waals surface area contributed by atoms with E-state index in [1.54, 1.807) is 18.7 Å². The summed E-state index contributed by atoms with van der Waals surface area (Å²) in [6, 6.07) is -0.227. The van der Waals surface area contributed by atoms with Crippen molar-refractivity contribution in [2.24, 2.45) is 7.05 Å². The molecule has 2 N–H and O–H groups in total. The maximum Gasteiger partial charge on any atom is 0.350 e. The van der Waals surface area contributed by atoms with Crippen LogP contribution >= 0.6 is 38.9 Å². The van der Waals surface area contributed by atoms with Crippen molar-refractivity contribution in [3.05, 3.63) is 32.1 Å². The van der Waals surface area contributed by atoms with Gasteiger partial charge in [-0.25, -0.2) is 19.4 Å². The summed E-state index contributed by atoms with van der Waals surface area (Å²) < 4.78 is 13.5. The molecule has 1 aliphatic rings. The summed E-state index contributed by atoms with van der Waals surface area (Å²) in [5.41, 5.74) is 1.52. The Morgan fingerprint density at radius 3 is 2.75 bits per heavy atom. The van der Waals surface area contributed by atoms with Gasteiger partial charge in [-0.15, -0.1) is 0 Å². The number of thiazole rings is 1. The average molecular weight is 601 g/mol. The van der Waals surface area contributed by atoms with Gasteiger partial charge in [0.25, 0.3) is 5.91 Å². The molecule has 36 heavy (non-hydrogen) atoms. The lowest BCUT2D eigenvalue weighted by atomic mass is 10.0. The molecule has 0 aliphatic carbocycles. The van der Waals surface area contributed by atoms with E-state index in [-0.39, 0.29) is 24.7 Å². The number of anilines is 1. The number of hydrogen-bond donors (Lipinski definition) is 2. The van der Waals surface area contributed by atoms with E-state index >= 15 is 0 Å². The Morgan fingerprint density at radius 2 is 2.14 bits per heavy atom. The van der Waals surface area contributed by atoms with Gasteiger partial charge in [-0.2, -0.15) is 5.10 Å². The second-order valence-electron chi connectivity index (χ2n) is 8.16. The molecule has 3 aromatic heterocycles. The highest BCUT2D eigenvalue weighted by Crippen LogP contribution is 2.35. The third kappa shape index (κ3) is 5.29. The number of carbonyl (C=O) groups is 2. The van der Waals surface area contributed by atoms with E-state index in [4.69, 9.17) is 26.1 Å². The zero-order chi connectivity index (χ0) is 26.0. The molecule has 0 unspecified atom stereocenters. The van der Waals surface area contributed by atoms with Gasteiger partial charge in [0, 0.05) is 32.4 Å². The van der Waals surface area contributed by atoms with Crippen molar-refractivity contribution in [1.82, 2.24) is 30.0 Å². The van der Waals surface area contributed by atoms with Gasteiger partial charge in [-0.05, 0) is 43.1 Å². The van der Waals surface area contributed by atoms with E-state index < -0.39 is 5.97 Å². The first-order valence-corrected chi connectivity index (χ1v) is 13.5.